The number of rotatable bonds is 6. The monoisotopic (exact) mass is 273 g/mol. The van der Waals surface area contributed by atoms with Gasteiger partial charge in [0.05, 0.1) is 0 Å². The topological polar surface area (TPSA) is 12.0 Å². The summed E-state index contributed by atoms with van der Waals surface area (Å²) in [6.07, 6.45) is 1.17. The molecule has 0 aliphatic heterocycles. The van der Waals surface area contributed by atoms with E-state index in [-0.39, 0.29) is 0 Å². The molecule has 2 rings (SSSR count). The van der Waals surface area contributed by atoms with Crippen molar-refractivity contribution in [2.24, 2.45) is 5.92 Å². The molecular formula is C17H23NS. The first-order chi connectivity index (χ1) is 9.15. The van der Waals surface area contributed by atoms with E-state index >= 15 is 0 Å². The van der Waals surface area contributed by atoms with Crippen LogP contribution in [0.1, 0.15) is 35.4 Å². The maximum atomic E-state index is 3.52. The molecule has 102 valence electrons. The van der Waals surface area contributed by atoms with Gasteiger partial charge in [0.2, 0.25) is 0 Å². The van der Waals surface area contributed by atoms with Crippen LogP contribution in [0.3, 0.4) is 0 Å². The highest BCUT2D eigenvalue weighted by Crippen LogP contribution is 2.15. The molecule has 0 atom stereocenters. The van der Waals surface area contributed by atoms with E-state index in [9.17, 15) is 0 Å². The van der Waals surface area contributed by atoms with Gasteiger partial charge in [-0.05, 0) is 47.4 Å². The van der Waals surface area contributed by atoms with Gasteiger partial charge < -0.3 is 5.32 Å². The Morgan fingerprint density at radius 1 is 1.00 bits per heavy atom. The Morgan fingerprint density at radius 2 is 1.68 bits per heavy atom. The molecule has 1 aromatic heterocycles. The van der Waals surface area contributed by atoms with Crippen LogP contribution in [-0.2, 0) is 19.5 Å². The first-order valence-corrected chi connectivity index (χ1v) is 7.84. The summed E-state index contributed by atoms with van der Waals surface area (Å²) in [5.41, 5.74) is 4.19. The van der Waals surface area contributed by atoms with Gasteiger partial charge in [-0.1, -0.05) is 38.1 Å². The number of thiophene rings is 1. The van der Waals surface area contributed by atoms with E-state index < -0.39 is 0 Å². The van der Waals surface area contributed by atoms with Gasteiger partial charge in [0.25, 0.3) is 0 Å². The summed E-state index contributed by atoms with van der Waals surface area (Å²) in [7, 11) is 0. The number of benzene rings is 1. The SMILES string of the molecule is Cc1ccsc1CNCc1ccc(CC(C)C)cc1. The summed E-state index contributed by atoms with van der Waals surface area (Å²) < 4.78 is 0. The molecule has 0 radical (unpaired) electrons. The van der Waals surface area contributed by atoms with Crippen molar-refractivity contribution in [2.75, 3.05) is 0 Å². The Labute approximate surface area is 120 Å². The maximum Gasteiger partial charge on any atom is 0.0305 e. The summed E-state index contributed by atoms with van der Waals surface area (Å²) in [6.45, 7) is 8.61. The minimum absolute atomic E-state index is 0.728. The van der Waals surface area contributed by atoms with E-state index in [1.54, 1.807) is 0 Å². The quantitative estimate of drug-likeness (QED) is 0.814. The molecule has 2 aromatic rings. The Balaban J connectivity index is 1.81. The molecule has 0 aliphatic rings. The van der Waals surface area contributed by atoms with Crippen molar-refractivity contribution >= 4 is 11.3 Å². The van der Waals surface area contributed by atoms with Gasteiger partial charge in [0.1, 0.15) is 0 Å². The molecule has 1 N–H and O–H groups in total. The molecule has 0 bridgehead atoms. The highest BCUT2D eigenvalue weighted by Gasteiger charge is 2.00. The van der Waals surface area contributed by atoms with Gasteiger partial charge in [0, 0.05) is 18.0 Å². The van der Waals surface area contributed by atoms with E-state index in [1.165, 1.54) is 28.0 Å². The van der Waals surface area contributed by atoms with Crippen molar-refractivity contribution in [1.29, 1.82) is 0 Å². The molecule has 0 spiro atoms. The smallest absolute Gasteiger partial charge is 0.0305 e. The largest absolute Gasteiger partial charge is 0.308 e. The van der Waals surface area contributed by atoms with Crippen LogP contribution in [0, 0.1) is 12.8 Å². The van der Waals surface area contributed by atoms with Crippen LogP contribution in [0.4, 0.5) is 0 Å². The predicted octanol–water partition coefficient (Wildman–Crippen LogP) is 4.54. The zero-order valence-electron chi connectivity index (χ0n) is 12.1. The molecule has 0 unspecified atom stereocenters. The lowest BCUT2D eigenvalue weighted by atomic mass is 10.0. The Bertz CT molecular complexity index is 496. The average molecular weight is 273 g/mol. The number of hydrogen-bond acceptors (Lipinski definition) is 2. The van der Waals surface area contributed by atoms with Crippen molar-refractivity contribution in [2.45, 2.75) is 40.3 Å². The van der Waals surface area contributed by atoms with Crippen molar-refractivity contribution in [3.63, 3.8) is 0 Å². The van der Waals surface area contributed by atoms with Crippen LogP contribution < -0.4 is 5.32 Å². The van der Waals surface area contributed by atoms with Crippen LogP contribution in [0.25, 0.3) is 0 Å². The second-order valence-electron chi connectivity index (χ2n) is 5.54. The first-order valence-electron chi connectivity index (χ1n) is 6.96. The second kappa shape index (κ2) is 6.88. The van der Waals surface area contributed by atoms with Crippen molar-refractivity contribution in [3.8, 4) is 0 Å². The Kier molecular flexibility index (Phi) is 5.17. The third-order valence-electron chi connectivity index (χ3n) is 3.25. The Morgan fingerprint density at radius 3 is 2.26 bits per heavy atom. The van der Waals surface area contributed by atoms with Crippen LogP contribution in [-0.4, -0.2) is 0 Å². The van der Waals surface area contributed by atoms with Gasteiger partial charge in [-0.3, -0.25) is 0 Å². The van der Waals surface area contributed by atoms with Crippen molar-refractivity contribution in [1.82, 2.24) is 5.32 Å². The lowest BCUT2D eigenvalue weighted by Crippen LogP contribution is -2.12. The molecule has 1 heterocycles. The zero-order valence-corrected chi connectivity index (χ0v) is 12.9. The van der Waals surface area contributed by atoms with Crippen molar-refractivity contribution in [3.05, 3.63) is 57.3 Å². The predicted molar refractivity (Wildman–Crippen MR) is 84.6 cm³/mol. The lowest BCUT2D eigenvalue weighted by Gasteiger charge is -2.07. The van der Waals surface area contributed by atoms with Crippen LogP contribution >= 0.6 is 11.3 Å². The van der Waals surface area contributed by atoms with Crippen molar-refractivity contribution < 1.29 is 0 Å². The minimum atomic E-state index is 0.728. The van der Waals surface area contributed by atoms with Crippen LogP contribution in [0.2, 0.25) is 0 Å². The molecule has 2 heteroatoms. The zero-order chi connectivity index (χ0) is 13.7. The highest BCUT2D eigenvalue weighted by molar-refractivity contribution is 7.10. The fourth-order valence-corrected chi connectivity index (χ4v) is 3.05. The summed E-state index contributed by atoms with van der Waals surface area (Å²) in [5, 5.41) is 5.68. The van der Waals surface area contributed by atoms with Gasteiger partial charge in [0.15, 0.2) is 0 Å². The number of hydrogen-bond donors (Lipinski definition) is 1. The fourth-order valence-electron chi connectivity index (χ4n) is 2.17. The number of nitrogens with one attached hydrogen (secondary N) is 1. The molecule has 0 amide bonds. The molecule has 0 fully saturated rings. The Hall–Kier alpha value is -1.12. The minimum Gasteiger partial charge on any atom is -0.308 e. The van der Waals surface area contributed by atoms with E-state index in [4.69, 9.17) is 0 Å². The van der Waals surface area contributed by atoms with Gasteiger partial charge in [-0.25, -0.2) is 0 Å². The number of aryl methyl sites for hydroxylation is 1. The molecule has 1 nitrogen and oxygen atoms in total. The first kappa shape index (κ1) is 14.3. The standard InChI is InChI=1S/C17H23NS/c1-13(2)10-15-4-6-16(7-5-15)11-18-12-17-14(3)8-9-19-17/h4-9,13,18H,10-12H2,1-3H3. The van der Waals surface area contributed by atoms with Gasteiger partial charge in [-0.2, -0.15) is 0 Å². The molecule has 19 heavy (non-hydrogen) atoms. The summed E-state index contributed by atoms with van der Waals surface area (Å²) in [4.78, 5) is 1.44. The molecule has 0 saturated carbocycles. The molecule has 0 saturated heterocycles. The summed E-state index contributed by atoms with van der Waals surface area (Å²) >= 11 is 1.83. The fraction of sp³-hybridized carbons (Fsp3) is 0.412. The van der Waals surface area contributed by atoms with E-state index in [1.807, 2.05) is 11.3 Å². The molecule has 1 aromatic carbocycles. The third kappa shape index (κ3) is 4.48. The summed E-state index contributed by atoms with van der Waals surface area (Å²) in [6, 6.07) is 11.2. The molecule has 0 aliphatic carbocycles. The van der Waals surface area contributed by atoms with E-state index in [0.717, 1.165) is 19.0 Å². The van der Waals surface area contributed by atoms with Crippen LogP contribution in [0.5, 0.6) is 0 Å². The maximum absolute atomic E-state index is 3.52. The second-order valence-corrected chi connectivity index (χ2v) is 6.55. The summed E-state index contributed by atoms with van der Waals surface area (Å²) in [5.74, 6) is 0.728. The normalized spacial score (nSPS) is 11.2. The van der Waals surface area contributed by atoms with E-state index in [0.29, 0.717) is 0 Å². The van der Waals surface area contributed by atoms with E-state index in [2.05, 4.69) is 61.8 Å². The molecular weight excluding hydrogens is 250 g/mol. The van der Waals surface area contributed by atoms with Gasteiger partial charge >= 0.3 is 0 Å². The lowest BCUT2D eigenvalue weighted by molar-refractivity contribution is 0.646. The third-order valence-corrected chi connectivity index (χ3v) is 4.27. The average Bonchev–Trinajstić information content (AvgIpc) is 2.77. The highest BCUT2D eigenvalue weighted by atomic mass is 32.1. The van der Waals surface area contributed by atoms with Gasteiger partial charge in [-0.15, -0.1) is 11.3 Å². The van der Waals surface area contributed by atoms with Crippen LogP contribution in [0.15, 0.2) is 35.7 Å².